The SMILES string of the molecule is Cc1c[nH]c2nccc(N3C=C(C(=O)N4CCC[C@H](N)C4)SCC3)c12.Cl. The molecule has 3 N–H and O–H groups in total. The molecule has 26 heavy (non-hydrogen) atoms. The van der Waals surface area contributed by atoms with Crippen molar-refractivity contribution < 1.29 is 4.79 Å². The molecule has 2 aliphatic heterocycles. The number of fused-ring (bicyclic) bond motifs is 1. The summed E-state index contributed by atoms with van der Waals surface area (Å²) in [5, 5.41) is 1.12. The number of aromatic nitrogens is 2. The highest BCUT2D eigenvalue weighted by atomic mass is 35.5. The summed E-state index contributed by atoms with van der Waals surface area (Å²) < 4.78 is 0. The Morgan fingerprint density at radius 2 is 2.27 bits per heavy atom. The quantitative estimate of drug-likeness (QED) is 0.820. The van der Waals surface area contributed by atoms with E-state index in [1.165, 1.54) is 5.56 Å². The second-order valence-electron chi connectivity index (χ2n) is 6.71. The van der Waals surface area contributed by atoms with E-state index >= 15 is 0 Å². The highest BCUT2D eigenvalue weighted by molar-refractivity contribution is 8.04. The number of nitrogens with one attached hydrogen (secondary N) is 1. The van der Waals surface area contributed by atoms with Crippen LogP contribution in [0.15, 0.2) is 29.6 Å². The summed E-state index contributed by atoms with van der Waals surface area (Å²) in [5.41, 5.74) is 9.19. The van der Waals surface area contributed by atoms with E-state index in [4.69, 9.17) is 5.73 Å². The number of hydrogen-bond acceptors (Lipinski definition) is 5. The van der Waals surface area contributed by atoms with Gasteiger partial charge in [-0.2, -0.15) is 0 Å². The van der Waals surface area contributed by atoms with Gasteiger partial charge in [0, 0.05) is 55.4 Å². The molecule has 2 aromatic rings. The van der Waals surface area contributed by atoms with Crippen LogP contribution in [0.25, 0.3) is 11.0 Å². The van der Waals surface area contributed by atoms with Crippen molar-refractivity contribution in [3.05, 3.63) is 35.1 Å². The van der Waals surface area contributed by atoms with E-state index in [1.807, 2.05) is 29.6 Å². The second kappa shape index (κ2) is 7.90. The van der Waals surface area contributed by atoms with Crippen LogP contribution in [0.3, 0.4) is 0 Å². The molecule has 0 aliphatic carbocycles. The van der Waals surface area contributed by atoms with Crippen LogP contribution < -0.4 is 10.6 Å². The fourth-order valence-electron chi connectivity index (χ4n) is 3.59. The molecule has 0 radical (unpaired) electrons. The van der Waals surface area contributed by atoms with Crippen LogP contribution in [-0.2, 0) is 4.79 Å². The predicted molar refractivity (Wildman–Crippen MR) is 110 cm³/mol. The Labute approximate surface area is 163 Å². The number of anilines is 1. The minimum Gasteiger partial charge on any atom is -0.346 e. The van der Waals surface area contributed by atoms with Gasteiger partial charge in [0.25, 0.3) is 5.91 Å². The zero-order valence-corrected chi connectivity index (χ0v) is 16.4. The number of pyridine rings is 1. The van der Waals surface area contributed by atoms with Gasteiger partial charge in [0.1, 0.15) is 5.65 Å². The summed E-state index contributed by atoms with van der Waals surface area (Å²) >= 11 is 1.64. The summed E-state index contributed by atoms with van der Waals surface area (Å²) in [6.45, 7) is 4.42. The molecule has 0 spiro atoms. The maximum Gasteiger partial charge on any atom is 0.261 e. The minimum atomic E-state index is 0. The van der Waals surface area contributed by atoms with Crippen LogP contribution in [0.4, 0.5) is 5.69 Å². The van der Waals surface area contributed by atoms with Crippen LogP contribution in [0.5, 0.6) is 0 Å². The van der Waals surface area contributed by atoms with Gasteiger partial charge in [0.05, 0.1) is 10.6 Å². The molecule has 4 rings (SSSR count). The van der Waals surface area contributed by atoms with E-state index in [0.29, 0.717) is 6.54 Å². The lowest BCUT2D eigenvalue weighted by Gasteiger charge is -2.33. The van der Waals surface area contributed by atoms with Gasteiger partial charge in [0.15, 0.2) is 0 Å². The summed E-state index contributed by atoms with van der Waals surface area (Å²) in [4.78, 5) is 25.4. The monoisotopic (exact) mass is 393 g/mol. The van der Waals surface area contributed by atoms with Gasteiger partial charge in [-0.25, -0.2) is 4.98 Å². The zero-order valence-electron chi connectivity index (χ0n) is 14.8. The molecule has 2 aliphatic rings. The van der Waals surface area contributed by atoms with Crippen molar-refractivity contribution in [3.8, 4) is 0 Å². The molecule has 1 atom stereocenters. The number of hydrogen-bond donors (Lipinski definition) is 2. The Kier molecular flexibility index (Phi) is 5.79. The fourth-order valence-corrected chi connectivity index (χ4v) is 4.55. The number of nitrogens with zero attached hydrogens (tertiary/aromatic N) is 3. The topological polar surface area (TPSA) is 78.2 Å². The molecule has 2 aromatic heterocycles. The Balaban J connectivity index is 0.00000196. The molecular weight excluding hydrogens is 370 g/mol. The first kappa shape index (κ1) is 19.1. The first-order chi connectivity index (χ1) is 12.1. The number of carbonyl (C=O) groups is 1. The van der Waals surface area contributed by atoms with E-state index in [-0.39, 0.29) is 24.4 Å². The summed E-state index contributed by atoms with van der Waals surface area (Å²) in [5.74, 6) is 1.01. The van der Waals surface area contributed by atoms with Crippen molar-refractivity contribution in [2.24, 2.45) is 5.73 Å². The summed E-state index contributed by atoms with van der Waals surface area (Å²) in [6.07, 6.45) is 7.78. The largest absolute Gasteiger partial charge is 0.346 e. The van der Waals surface area contributed by atoms with E-state index in [0.717, 1.165) is 53.3 Å². The van der Waals surface area contributed by atoms with Crippen molar-refractivity contribution in [2.45, 2.75) is 25.8 Å². The number of carbonyl (C=O) groups excluding carboxylic acids is 1. The number of piperidine rings is 1. The van der Waals surface area contributed by atoms with Gasteiger partial charge in [-0.3, -0.25) is 4.79 Å². The van der Waals surface area contributed by atoms with Gasteiger partial charge in [-0.15, -0.1) is 24.2 Å². The summed E-state index contributed by atoms with van der Waals surface area (Å²) in [7, 11) is 0. The van der Waals surface area contributed by atoms with Gasteiger partial charge in [-0.1, -0.05) is 0 Å². The lowest BCUT2D eigenvalue weighted by molar-refractivity contribution is -0.127. The highest BCUT2D eigenvalue weighted by Crippen LogP contribution is 2.33. The first-order valence-corrected chi connectivity index (χ1v) is 9.71. The van der Waals surface area contributed by atoms with Gasteiger partial charge in [0.2, 0.25) is 0 Å². The molecule has 1 fully saturated rings. The van der Waals surface area contributed by atoms with Crippen molar-refractivity contribution >= 4 is 46.8 Å². The number of H-pyrrole nitrogens is 1. The van der Waals surface area contributed by atoms with Crippen LogP contribution in [0, 0.1) is 6.92 Å². The Morgan fingerprint density at radius 3 is 3.08 bits per heavy atom. The third-order valence-corrected chi connectivity index (χ3v) is 5.85. The number of aryl methyl sites for hydroxylation is 1. The van der Waals surface area contributed by atoms with Gasteiger partial charge in [-0.05, 0) is 31.4 Å². The molecule has 1 amide bonds. The van der Waals surface area contributed by atoms with E-state index in [1.54, 1.807) is 11.8 Å². The van der Waals surface area contributed by atoms with E-state index in [2.05, 4.69) is 21.8 Å². The molecular formula is C18H24ClN5OS. The van der Waals surface area contributed by atoms with Crippen LogP contribution in [0.2, 0.25) is 0 Å². The zero-order chi connectivity index (χ0) is 17.4. The number of nitrogens with two attached hydrogens (primary N) is 1. The average Bonchev–Trinajstić information content (AvgIpc) is 3.02. The third kappa shape index (κ3) is 3.56. The third-order valence-electron chi connectivity index (χ3n) is 4.88. The predicted octanol–water partition coefficient (Wildman–Crippen LogP) is 2.64. The van der Waals surface area contributed by atoms with Crippen LogP contribution >= 0.6 is 24.2 Å². The molecule has 140 valence electrons. The molecule has 6 nitrogen and oxygen atoms in total. The normalized spacial score (nSPS) is 20.7. The van der Waals surface area contributed by atoms with Crippen molar-refractivity contribution in [1.29, 1.82) is 0 Å². The van der Waals surface area contributed by atoms with Crippen LogP contribution in [0.1, 0.15) is 18.4 Å². The fraction of sp³-hybridized carbons (Fsp3) is 0.444. The van der Waals surface area contributed by atoms with E-state index < -0.39 is 0 Å². The van der Waals surface area contributed by atoms with Gasteiger partial charge < -0.3 is 20.5 Å². The molecule has 0 unspecified atom stereocenters. The summed E-state index contributed by atoms with van der Waals surface area (Å²) in [6, 6.07) is 2.12. The number of likely N-dealkylation sites (tertiary alicyclic amines) is 1. The minimum absolute atomic E-state index is 0. The maximum absolute atomic E-state index is 12.9. The smallest absolute Gasteiger partial charge is 0.261 e. The number of thioether (sulfide) groups is 1. The maximum atomic E-state index is 12.9. The van der Waals surface area contributed by atoms with Crippen molar-refractivity contribution in [3.63, 3.8) is 0 Å². The number of halogens is 1. The van der Waals surface area contributed by atoms with Crippen molar-refractivity contribution in [2.75, 3.05) is 30.3 Å². The Bertz CT molecular complexity index is 836. The number of aromatic amines is 1. The standard InChI is InChI=1S/C18H23N5OS.ClH/c1-12-9-21-17-16(12)14(4-5-20-17)22-7-8-25-15(11-22)18(24)23-6-2-3-13(19)10-23;/h4-5,9,11,13H,2-3,6-8,10,19H2,1H3,(H,20,21);1H/t13-;/m0./s1. The second-order valence-corrected chi connectivity index (χ2v) is 7.85. The lowest BCUT2D eigenvalue weighted by Crippen LogP contribution is -2.46. The molecule has 4 heterocycles. The molecule has 1 saturated heterocycles. The van der Waals surface area contributed by atoms with Crippen LogP contribution in [-0.4, -0.2) is 52.2 Å². The van der Waals surface area contributed by atoms with E-state index in [9.17, 15) is 4.79 Å². The Morgan fingerprint density at radius 1 is 1.42 bits per heavy atom. The molecule has 0 saturated carbocycles. The van der Waals surface area contributed by atoms with Gasteiger partial charge >= 0.3 is 0 Å². The highest BCUT2D eigenvalue weighted by Gasteiger charge is 2.27. The lowest BCUT2D eigenvalue weighted by atomic mass is 10.1. The molecule has 8 heteroatoms. The first-order valence-electron chi connectivity index (χ1n) is 8.72. The Hall–Kier alpha value is -1.70. The number of rotatable bonds is 2. The average molecular weight is 394 g/mol. The molecule has 0 bridgehead atoms. The van der Waals surface area contributed by atoms with Crippen molar-refractivity contribution in [1.82, 2.24) is 14.9 Å². The number of amides is 1. The molecule has 0 aromatic carbocycles.